The van der Waals surface area contributed by atoms with Crippen LogP contribution in [0.4, 0.5) is 5.00 Å². The molecule has 1 aromatic heterocycles. The average molecular weight is 441 g/mol. The van der Waals surface area contributed by atoms with Gasteiger partial charge in [-0.25, -0.2) is 0 Å². The zero-order valence-corrected chi connectivity index (χ0v) is 17.9. The van der Waals surface area contributed by atoms with Crippen LogP contribution < -0.4 is 15.8 Å². The molecule has 1 aliphatic rings. The monoisotopic (exact) mass is 440 g/mol. The van der Waals surface area contributed by atoms with Gasteiger partial charge >= 0.3 is 0 Å². The number of thiophene rings is 1. The van der Waals surface area contributed by atoms with Gasteiger partial charge in [0.1, 0.15) is 5.00 Å². The van der Waals surface area contributed by atoms with Crippen molar-refractivity contribution < 1.29 is 14.3 Å². The molecular weight excluding hydrogens is 419 g/mol. The van der Waals surface area contributed by atoms with E-state index in [0.29, 0.717) is 28.5 Å². The number of halogens is 2. The van der Waals surface area contributed by atoms with E-state index in [1.54, 1.807) is 0 Å². The number of ether oxygens (including phenoxy) is 1. The minimum Gasteiger partial charge on any atom is -0.490 e. The van der Waals surface area contributed by atoms with Gasteiger partial charge in [0.2, 0.25) is 0 Å². The van der Waals surface area contributed by atoms with E-state index < -0.39 is 11.8 Å². The molecule has 0 radical (unpaired) electrons. The molecule has 0 aliphatic heterocycles. The number of fused-ring (bicyclic) bond motifs is 1. The number of unbranched alkanes of at least 4 members (excludes halogenated alkanes) is 1. The highest BCUT2D eigenvalue weighted by molar-refractivity contribution is 7.17. The first kappa shape index (κ1) is 21.0. The fourth-order valence-corrected chi connectivity index (χ4v) is 5.12. The number of hydrogen-bond donors (Lipinski definition) is 2. The van der Waals surface area contributed by atoms with Gasteiger partial charge in [-0.3, -0.25) is 9.59 Å². The molecule has 1 aromatic carbocycles. The van der Waals surface area contributed by atoms with Crippen molar-refractivity contribution in [3.8, 4) is 5.75 Å². The largest absolute Gasteiger partial charge is 0.490 e. The van der Waals surface area contributed by atoms with Crippen LogP contribution in [0.2, 0.25) is 10.0 Å². The van der Waals surface area contributed by atoms with Gasteiger partial charge < -0.3 is 15.8 Å². The summed E-state index contributed by atoms with van der Waals surface area (Å²) in [7, 11) is 0. The minimum absolute atomic E-state index is 0.273. The molecule has 0 saturated carbocycles. The molecule has 0 atom stereocenters. The molecule has 3 N–H and O–H groups in total. The number of nitrogens with one attached hydrogen (secondary N) is 1. The van der Waals surface area contributed by atoms with Crippen LogP contribution in [0.15, 0.2) is 12.1 Å². The van der Waals surface area contributed by atoms with Gasteiger partial charge in [0.15, 0.2) is 5.75 Å². The van der Waals surface area contributed by atoms with Crippen LogP contribution >= 0.6 is 34.5 Å². The van der Waals surface area contributed by atoms with Crippen LogP contribution in [0.5, 0.6) is 5.75 Å². The van der Waals surface area contributed by atoms with E-state index in [9.17, 15) is 9.59 Å². The number of amides is 2. The second-order valence-electron chi connectivity index (χ2n) is 6.70. The predicted molar refractivity (Wildman–Crippen MR) is 114 cm³/mol. The molecule has 3 rings (SSSR count). The summed E-state index contributed by atoms with van der Waals surface area (Å²) >= 11 is 13.9. The van der Waals surface area contributed by atoms with Gasteiger partial charge in [0, 0.05) is 10.4 Å². The second-order valence-corrected chi connectivity index (χ2v) is 8.62. The van der Waals surface area contributed by atoms with E-state index in [2.05, 4.69) is 12.2 Å². The lowest BCUT2D eigenvalue weighted by molar-refractivity contribution is 0.100. The first-order valence-electron chi connectivity index (χ1n) is 9.29. The Kier molecular flexibility index (Phi) is 6.86. The van der Waals surface area contributed by atoms with Gasteiger partial charge in [-0.05, 0) is 49.8 Å². The highest BCUT2D eigenvalue weighted by Gasteiger charge is 2.25. The Morgan fingerprint density at radius 1 is 1.21 bits per heavy atom. The molecule has 0 unspecified atom stereocenters. The molecular formula is C20H22Cl2N2O3S. The maximum Gasteiger partial charge on any atom is 0.256 e. The lowest BCUT2D eigenvalue weighted by Gasteiger charge is -2.12. The lowest BCUT2D eigenvalue weighted by atomic mass is 9.95. The fraction of sp³-hybridized carbons (Fsp3) is 0.400. The summed E-state index contributed by atoms with van der Waals surface area (Å²) in [6.45, 7) is 2.56. The highest BCUT2D eigenvalue weighted by Crippen LogP contribution is 2.39. The topological polar surface area (TPSA) is 81.4 Å². The molecule has 2 amide bonds. The molecule has 1 aliphatic carbocycles. The molecule has 0 spiro atoms. The quantitative estimate of drug-likeness (QED) is 0.560. The number of carbonyl (C=O) groups is 2. The SMILES string of the molecule is CCCCOc1c(Cl)cc(C(=O)Nc2sc3c(c2C(N)=O)CCCC3)cc1Cl. The van der Waals surface area contributed by atoms with Crippen LogP contribution in [0.3, 0.4) is 0 Å². The molecule has 150 valence electrons. The number of nitrogens with two attached hydrogens (primary N) is 1. The smallest absolute Gasteiger partial charge is 0.256 e. The Labute approximate surface area is 178 Å². The Morgan fingerprint density at radius 3 is 2.54 bits per heavy atom. The summed E-state index contributed by atoms with van der Waals surface area (Å²) in [6.07, 6.45) is 5.67. The van der Waals surface area contributed by atoms with Crippen LogP contribution in [-0.4, -0.2) is 18.4 Å². The number of primary amides is 1. The number of carbonyl (C=O) groups excluding carboxylic acids is 2. The van der Waals surface area contributed by atoms with E-state index in [1.165, 1.54) is 23.5 Å². The highest BCUT2D eigenvalue weighted by atomic mass is 35.5. The zero-order chi connectivity index (χ0) is 20.3. The fourth-order valence-electron chi connectivity index (χ4n) is 3.24. The third-order valence-corrected chi connectivity index (χ3v) is 6.42. The van der Waals surface area contributed by atoms with Crippen molar-refractivity contribution in [2.24, 2.45) is 5.73 Å². The summed E-state index contributed by atoms with van der Waals surface area (Å²) < 4.78 is 5.61. The number of hydrogen-bond acceptors (Lipinski definition) is 4. The minimum atomic E-state index is -0.523. The van der Waals surface area contributed by atoms with E-state index in [1.807, 2.05) is 0 Å². The van der Waals surface area contributed by atoms with Crippen molar-refractivity contribution in [1.29, 1.82) is 0 Å². The zero-order valence-electron chi connectivity index (χ0n) is 15.6. The van der Waals surface area contributed by atoms with Gasteiger partial charge in [-0.1, -0.05) is 36.5 Å². The molecule has 8 heteroatoms. The van der Waals surface area contributed by atoms with E-state index >= 15 is 0 Å². The Morgan fingerprint density at radius 2 is 1.89 bits per heavy atom. The van der Waals surface area contributed by atoms with Crippen molar-refractivity contribution in [3.05, 3.63) is 43.7 Å². The summed E-state index contributed by atoms with van der Waals surface area (Å²) in [6, 6.07) is 3.03. The standard InChI is InChI=1S/C20H22Cl2N2O3S/c1-2-3-8-27-17-13(21)9-11(10-14(17)22)19(26)24-20-16(18(23)25)12-6-4-5-7-15(12)28-20/h9-10H,2-8H2,1H3,(H2,23,25)(H,24,26). The van der Waals surface area contributed by atoms with E-state index in [0.717, 1.165) is 49.0 Å². The lowest BCUT2D eigenvalue weighted by Crippen LogP contribution is -2.18. The molecule has 0 saturated heterocycles. The van der Waals surface area contributed by atoms with Crippen LogP contribution in [0.25, 0.3) is 0 Å². The molecule has 28 heavy (non-hydrogen) atoms. The third-order valence-electron chi connectivity index (χ3n) is 4.65. The normalized spacial score (nSPS) is 13.1. The van der Waals surface area contributed by atoms with Gasteiger partial charge in [0.25, 0.3) is 11.8 Å². The summed E-state index contributed by atoms with van der Waals surface area (Å²) in [5.74, 6) is -0.548. The van der Waals surface area contributed by atoms with Crippen LogP contribution in [0, 0.1) is 0 Å². The van der Waals surface area contributed by atoms with Crippen molar-refractivity contribution >= 4 is 51.4 Å². The van der Waals surface area contributed by atoms with Gasteiger partial charge in [-0.2, -0.15) is 0 Å². The number of benzene rings is 1. The number of rotatable bonds is 7. The number of anilines is 1. The summed E-state index contributed by atoms with van der Waals surface area (Å²) in [5.41, 5.74) is 7.26. The van der Waals surface area contributed by atoms with E-state index in [4.69, 9.17) is 33.7 Å². The van der Waals surface area contributed by atoms with Crippen LogP contribution in [-0.2, 0) is 12.8 Å². The van der Waals surface area contributed by atoms with Gasteiger partial charge in [-0.15, -0.1) is 11.3 Å². The first-order valence-corrected chi connectivity index (χ1v) is 10.9. The van der Waals surface area contributed by atoms with Crippen molar-refractivity contribution in [2.75, 3.05) is 11.9 Å². The van der Waals surface area contributed by atoms with Gasteiger partial charge in [0.05, 0.1) is 22.2 Å². The molecule has 5 nitrogen and oxygen atoms in total. The Balaban J connectivity index is 1.84. The van der Waals surface area contributed by atoms with Crippen molar-refractivity contribution in [2.45, 2.75) is 45.4 Å². The summed E-state index contributed by atoms with van der Waals surface area (Å²) in [5, 5.41) is 3.84. The number of aryl methyl sites for hydroxylation is 1. The van der Waals surface area contributed by atoms with Crippen molar-refractivity contribution in [1.82, 2.24) is 0 Å². The van der Waals surface area contributed by atoms with E-state index in [-0.39, 0.29) is 10.0 Å². The molecule has 1 heterocycles. The first-order chi connectivity index (χ1) is 13.4. The molecule has 2 aromatic rings. The average Bonchev–Trinajstić information content (AvgIpc) is 3.01. The maximum absolute atomic E-state index is 12.8. The Hall–Kier alpha value is -1.76. The summed E-state index contributed by atoms with van der Waals surface area (Å²) in [4.78, 5) is 25.8. The van der Waals surface area contributed by atoms with Crippen LogP contribution in [0.1, 0.15) is 63.8 Å². The predicted octanol–water partition coefficient (Wildman–Crippen LogP) is 5.46. The maximum atomic E-state index is 12.8. The molecule has 0 fully saturated rings. The third kappa shape index (κ3) is 4.45. The second kappa shape index (κ2) is 9.16. The Bertz CT molecular complexity index is 888. The van der Waals surface area contributed by atoms with Crippen molar-refractivity contribution in [3.63, 3.8) is 0 Å². The molecule has 0 bridgehead atoms.